The van der Waals surface area contributed by atoms with Crippen LogP contribution in [0.5, 0.6) is 0 Å². The van der Waals surface area contributed by atoms with Crippen LogP contribution in [-0.4, -0.2) is 27.5 Å². The molecule has 21 heavy (non-hydrogen) atoms. The Labute approximate surface area is 126 Å². The molecule has 2 aromatic rings. The third kappa shape index (κ3) is 3.32. The Morgan fingerprint density at radius 2 is 2.00 bits per heavy atom. The Morgan fingerprint density at radius 1 is 1.29 bits per heavy atom. The van der Waals surface area contributed by atoms with Gasteiger partial charge in [0.05, 0.1) is 17.5 Å². The van der Waals surface area contributed by atoms with E-state index in [2.05, 4.69) is 22.5 Å². The molecule has 1 heterocycles. The second-order valence-electron chi connectivity index (χ2n) is 5.71. The maximum Gasteiger partial charge on any atom is 0.171 e. The number of hydrogen-bond donors (Lipinski definition) is 0. The number of Topliss-reactive ketones (excluding diaryl/α,β-unsaturated/α-hetero) is 1. The molecule has 0 aliphatic carbocycles. The first-order valence-corrected chi connectivity index (χ1v) is 7.61. The quantitative estimate of drug-likeness (QED) is 0.784. The summed E-state index contributed by atoms with van der Waals surface area (Å²) in [5, 5.41) is 0. The average Bonchev–Trinajstić information content (AvgIpc) is 2.77. The van der Waals surface area contributed by atoms with Crippen LogP contribution in [0.3, 0.4) is 0 Å². The van der Waals surface area contributed by atoms with Gasteiger partial charge in [0, 0.05) is 13.2 Å². The van der Waals surface area contributed by atoms with Crippen LogP contribution in [0.4, 0.5) is 0 Å². The van der Waals surface area contributed by atoms with Crippen LogP contribution >= 0.6 is 0 Å². The molecule has 0 unspecified atom stereocenters. The molecule has 0 aliphatic rings. The van der Waals surface area contributed by atoms with Gasteiger partial charge in [0.2, 0.25) is 0 Å². The number of benzene rings is 1. The molecule has 0 amide bonds. The fourth-order valence-electron chi connectivity index (χ4n) is 2.53. The summed E-state index contributed by atoms with van der Waals surface area (Å²) in [6.07, 6.45) is 1.32. The summed E-state index contributed by atoms with van der Waals surface area (Å²) < 4.78 is 7.70. The van der Waals surface area contributed by atoms with Crippen molar-refractivity contribution in [3.63, 3.8) is 0 Å². The summed E-state index contributed by atoms with van der Waals surface area (Å²) in [7, 11) is 0. The zero-order valence-corrected chi connectivity index (χ0v) is 13.3. The van der Waals surface area contributed by atoms with Crippen molar-refractivity contribution in [3.8, 4) is 0 Å². The molecular formula is C17H24N2O2. The topological polar surface area (TPSA) is 44.1 Å². The number of aromatic nitrogens is 2. The predicted molar refractivity (Wildman–Crippen MR) is 84.4 cm³/mol. The number of para-hydroxylation sites is 2. The van der Waals surface area contributed by atoms with Gasteiger partial charge in [-0.3, -0.25) is 4.79 Å². The van der Waals surface area contributed by atoms with Gasteiger partial charge in [-0.05, 0) is 39.3 Å². The highest BCUT2D eigenvalue weighted by molar-refractivity contribution is 5.88. The summed E-state index contributed by atoms with van der Waals surface area (Å²) in [4.78, 5) is 17.1. The Kier molecular flexibility index (Phi) is 4.78. The van der Waals surface area contributed by atoms with Crippen molar-refractivity contribution in [3.05, 3.63) is 30.1 Å². The molecule has 1 aromatic carbocycles. The molecule has 0 bridgehead atoms. The molecule has 2 rings (SSSR count). The molecule has 0 fully saturated rings. The first-order chi connectivity index (χ1) is 9.99. The number of rotatable bonds is 7. The standard InChI is InChI=1S/C17H24N2O2/c1-5-11-19-14-10-8-7-9-13(14)18-16(19)12-15(20)17(3,4)21-6-2/h7-10H,5-6,11-12H2,1-4H3. The minimum absolute atomic E-state index is 0.0667. The number of ketones is 1. The largest absolute Gasteiger partial charge is 0.368 e. The summed E-state index contributed by atoms with van der Waals surface area (Å²) in [6.45, 7) is 9.09. The van der Waals surface area contributed by atoms with Gasteiger partial charge in [-0.1, -0.05) is 19.1 Å². The molecule has 114 valence electrons. The van der Waals surface area contributed by atoms with Gasteiger partial charge in [0.1, 0.15) is 11.4 Å². The highest BCUT2D eigenvalue weighted by Gasteiger charge is 2.29. The zero-order chi connectivity index (χ0) is 15.5. The molecule has 0 N–H and O–H groups in total. The highest BCUT2D eigenvalue weighted by Crippen LogP contribution is 2.20. The summed E-state index contributed by atoms with van der Waals surface area (Å²) in [6, 6.07) is 8.02. The summed E-state index contributed by atoms with van der Waals surface area (Å²) in [5.41, 5.74) is 1.28. The summed E-state index contributed by atoms with van der Waals surface area (Å²) >= 11 is 0. The van der Waals surface area contributed by atoms with Crippen LogP contribution in [0.1, 0.15) is 39.9 Å². The van der Waals surface area contributed by atoms with Crippen molar-refractivity contribution in [2.45, 2.75) is 52.7 Å². The van der Waals surface area contributed by atoms with Gasteiger partial charge >= 0.3 is 0 Å². The fourth-order valence-corrected chi connectivity index (χ4v) is 2.53. The molecule has 0 spiro atoms. The third-order valence-corrected chi connectivity index (χ3v) is 3.68. The first kappa shape index (κ1) is 15.7. The van der Waals surface area contributed by atoms with Crippen molar-refractivity contribution in [1.29, 1.82) is 0 Å². The zero-order valence-electron chi connectivity index (χ0n) is 13.3. The SMILES string of the molecule is CCCn1c(CC(=O)C(C)(C)OCC)nc2ccccc21. The fraction of sp³-hybridized carbons (Fsp3) is 0.529. The molecule has 1 aromatic heterocycles. The molecule has 4 heteroatoms. The Morgan fingerprint density at radius 3 is 2.67 bits per heavy atom. The minimum Gasteiger partial charge on any atom is -0.368 e. The van der Waals surface area contributed by atoms with Crippen molar-refractivity contribution in [2.75, 3.05) is 6.61 Å². The lowest BCUT2D eigenvalue weighted by molar-refractivity contribution is -0.139. The maximum absolute atomic E-state index is 12.5. The molecule has 0 saturated heterocycles. The monoisotopic (exact) mass is 288 g/mol. The van der Waals surface area contributed by atoms with E-state index >= 15 is 0 Å². The van der Waals surface area contributed by atoms with E-state index in [4.69, 9.17) is 4.74 Å². The van der Waals surface area contributed by atoms with E-state index in [1.807, 2.05) is 39.0 Å². The van der Waals surface area contributed by atoms with E-state index in [0.717, 1.165) is 29.8 Å². The number of fused-ring (bicyclic) bond motifs is 1. The van der Waals surface area contributed by atoms with Crippen molar-refractivity contribution in [2.24, 2.45) is 0 Å². The highest BCUT2D eigenvalue weighted by atomic mass is 16.5. The molecular weight excluding hydrogens is 264 g/mol. The van der Waals surface area contributed by atoms with Crippen LogP contribution in [0, 0.1) is 0 Å². The Balaban J connectivity index is 2.33. The lowest BCUT2D eigenvalue weighted by atomic mass is 10.0. The van der Waals surface area contributed by atoms with E-state index < -0.39 is 5.60 Å². The molecule has 4 nitrogen and oxygen atoms in total. The summed E-state index contributed by atoms with van der Waals surface area (Å²) in [5.74, 6) is 0.896. The van der Waals surface area contributed by atoms with Crippen LogP contribution in [0.25, 0.3) is 11.0 Å². The Hall–Kier alpha value is -1.68. The average molecular weight is 288 g/mol. The minimum atomic E-state index is -0.760. The molecule has 0 saturated carbocycles. The van der Waals surface area contributed by atoms with Crippen molar-refractivity contribution < 1.29 is 9.53 Å². The maximum atomic E-state index is 12.5. The number of hydrogen-bond acceptors (Lipinski definition) is 3. The number of carbonyl (C=O) groups is 1. The van der Waals surface area contributed by atoms with Gasteiger partial charge in [0.25, 0.3) is 0 Å². The van der Waals surface area contributed by atoms with Crippen LogP contribution in [0.2, 0.25) is 0 Å². The Bertz CT molecular complexity index is 629. The van der Waals surface area contributed by atoms with Crippen LogP contribution < -0.4 is 0 Å². The molecule has 0 atom stereocenters. The van der Waals surface area contributed by atoms with Gasteiger partial charge < -0.3 is 9.30 Å². The van der Waals surface area contributed by atoms with Gasteiger partial charge in [-0.25, -0.2) is 4.98 Å². The first-order valence-electron chi connectivity index (χ1n) is 7.61. The molecule has 0 aliphatic heterocycles. The number of nitrogens with zero attached hydrogens (tertiary/aromatic N) is 2. The number of aryl methyl sites for hydroxylation is 1. The lowest BCUT2D eigenvalue weighted by Crippen LogP contribution is -2.36. The molecule has 0 radical (unpaired) electrons. The van der Waals surface area contributed by atoms with Gasteiger partial charge in [-0.2, -0.15) is 0 Å². The number of carbonyl (C=O) groups excluding carboxylic acids is 1. The van der Waals surface area contributed by atoms with Gasteiger partial charge in [-0.15, -0.1) is 0 Å². The van der Waals surface area contributed by atoms with Gasteiger partial charge in [0.15, 0.2) is 5.78 Å². The van der Waals surface area contributed by atoms with E-state index in [1.165, 1.54) is 0 Å². The van der Waals surface area contributed by atoms with Crippen molar-refractivity contribution >= 4 is 16.8 Å². The van der Waals surface area contributed by atoms with Crippen molar-refractivity contribution in [1.82, 2.24) is 9.55 Å². The van der Waals surface area contributed by atoms with Crippen LogP contribution in [0.15, 0.2) is 24.3 Å². The second-order valence-corrected chi connectivity index (χ2v) is 5.71. The predicted octanol–water partition coefficient (Wildman–Crippen LogP) is 3.37. The number of imidazole rings is 1. The normalized spacial score (nSPS) is 12.0. The van der Waals surface area contributed by atoms with Crippen LogP contribution in [-0.2, 0) is 22.5 Å². The van der Waals surface area contributed by atoms with E-state index in [0.29, 0.717) is 13.0 Å². The lowest BCUT2D eigenvalue weighted by Gasteiger charge is -2.23. The van der Waals surface area contributed by atoms with E-state index in [9.17, 15) is 4.79 Å². The second kappa shape index (κ2) is 6.39. The third-order valence-electron chi connectivity index (χ3n) is 3.68. The van der Waals surface area contributed by atoms with E-state index in [-0.39, 0.29) is 5.78 Å². The number of ether oxygens (including phenoxy) is 1. The van der Waals surface area contributed by atoms with E-state index in [1.54, 1.807) is 0 Å². The smallest absolute Gasteiger partial charge is 0.171 e.